The van der Waals surface area contributed by atoms with Gasteiger partial charge in [-0.2, -0.15) is 0 Å². The summed E-state index contributed by atoms with van der Waals surface area (Å²) in [5.41, 5.74) is 0.0584. The van der Waals surface area contributed by atoms with Crippen molar-refractivity contribution in [3.8, 4) is 0 Å². The molecule has 0 amide bonds. The van der Waals surface area contributed by atoms with Gasteiger partial charge in [0.1, 0.15) is 0 Å². The van der Waals surface area contributed by atoms with Crippen molar-refractivity contribution in [3.05, 3.63) is 12.7 Å². The van der Waals surface area contributed by atoms with Crippen molar-refractivity contribution in [2.75, 3.05) is 19.8 Å². The molecule has 0 bridgehead atoms. The average Bonchev–Trinajstić information content (AvgIpc) is 2.32. The summed E-state index contributed by atoms with van der Waals surface area (Å²) in [7, 11) is 0. The largest absolute Gasteiger partial charge is 0.461 e. The van der Waals surface area contributed by atoms with Crippen LogP contribution in [0.4, 0.5) is 0 Å². The molecule has 0 saturated heterocycles. The number of carbonyl (C=O) groups excluding carboxylic acids is 1. The molecular formula is C12H21NO4. The Balaban J connectivity index is 3.94. The Morgan fingerprint density at radius 1 is 1.59 bits per heavy atom. The van der Waals surface area contributed by atoms with Crippen LogP contribution in [0.3, 0.4) is 0 Å². The maximum Gasteiger partial charge on any atom is 0.356 e. The molecule has 0 fully saturated rings. The summed E-state index contributed by atoms with van der Waals surface area (Å²) in [6, 6.07) is 0. The first-order valence-corrected chi connectivity index (χ1v) is 5.72. The van der Waals surface area contributed by atoms with Crippen LogP contribution >= 0.6 is 0 Å². The third kappa shape index (κ3) is 7.52. The zero-order chi connectivity index (χ0) is 13.1. The normalized spacial score (nSPS) is 13.2. The lowest BCUT2D eigenvalue weighted by Gasteiger charge is -2.11. The quantitative estimate of drug-likeness (QED) is 0.168. The molecule has 0 unspecified atom stereocenters. The van der Waals surface area contributed by atoms with Crippen LogP contribution in [0, 0.1) is 5.92 Å². The van der Waals surface area contributed by atoms with Gasteiger partial charge in [0.2, 0.25) is 0 Å². The van der Waals surface area contributed by atoms with Crippen LogP contribution in [0.25, 0.3) is 0 Å². The zero-order valence-corrected chi connectivity index (χ0v) is 10.5. The Hall–Kier alpha value is -1.36. The number of rotatable bonds is 9. The molecule has 0 aliphatic heterocycles. The van der Waals surface area contributed by atoms with E-state index in [1.54, 1.807) is 13.0 Å². The number of nitrogens with zero attached hydrogens (tertiary/aromatic N) is 1. The Bertz CT molecular complexity index is 263. The second-order valence-electron chi connectivity index (χ2n) is 3.73. The molecule has 17 heavy (non-hydrogen) atoms. The third-order valence-electron chi connectivity index (χ3n) is 2.16. The maximum absolute atomic E-state index is 11.3. The summed E-state index contributed by atoms with van der Waals surface area (Å²) < 4.78 is 10.0. The number of esters is 1. The molecule has 0 spiro atoms. The predicted octanol–water partition coefficient (Wildman–Crippen LogP) is 2.00. The topological polar surface area (TPSA) is 68.1 Å². The van der Waals surface area contributed by atoms with Crippen LogP contribution in [-0.2, 0) is 14.3 Å². The standard InChI is InChI=1S/C12H21NO4/c1-4-7-16-8-6-10(3)9-11(13-15)12(14)17-5-2/h4,10,15H,1,5-9H2,2-3H3/b13-11-/t10-/m1/s1. The van der Waals surface area contributed by atoms with Crippen LogP contribution in [-0.4, -0.2) is 36.7 Å². The predicted molar refractivity (Wildman–Crippen MR) is 65.3 cm³/mol. The van der Waals surface area contributed by atoms with Crippen molar-refractivity contribution in [2.45, 2.75) is 26.7 Å². The molecule has 0 aliphatic rings. The van der Waals surface area contributed by atoms with Gasteiger partial charge in [-0.1, -0.05) is 18.2 Å². The Morgan fingerprint density at radius 2 is 2.29 bits per heavy atom. The summed E-state index contributed by atoms with van der Waals surface area (Å²) in [5.74, 6) is -0.371. The van der Waals surface area contributed by atoms with Gasteiger partial charge in [-0.05, 0) is 19.3 Å². The Kier molecular flexibility index (Phi) is 9.05. The number of ether oxygens (including phenoxy) is 2. The fourth-order valence-electron chi connectivity index (χ4n) is 1.26. The minimum atomic E-state index is -0.561. The first-order valence-electron chi connectivity index (χ1n) is 5.72. The third-order valence-corrected chi connectivity index (χ3v) is 2.16. The highest BCUT2D eigenvalue weighted by molar-refractivity contribution is 6.36. The maximum atomic E-state index is 11.3. The highest BCUT2D eigenvalue weighted by Crippen LogP contribution is 2.09. The van der Waals surface area contributed by atoms with Crippen molar-refractivity contribution >= 4 is 11.7 Å². The van der Waals surface area contributed by atoms with Gasteiger partial charge in [-0.3, -0.25) is 0 Å². The Labute approximate surface area is 102 Å². The minimum Gasteiger partial charge on any atom is -0.461 e. The lowest BCUT2D eigenvalue weighted by Crippen LogP contribution is -2.20. The van der Waals surface area contributed by atoms with Gasteiger partial charge in [-0.15, -0.1) is 6.58 Å². The van der Waals surface area contributed by atoms with Crippen molar-refractivity contribution in [1.82, 2.24) is 0 Å². The van der Waals surface area contributed by atoms with E-state index in [2.05, 4.69) is 11.7 Å². The van der Waals surface area contributed by atoms with Crippen molar-refractivity contribution in [2.24, 2.45) is 11.1 Å². The van der Waals surface area contributed by atoms with Crippen LogP contribution in [0.5, 0.6) is 0 Å². The fraction of sp³-hybridized carbons (Fsp3) is 0.667. The minimum absolute atomic E-state index is 0.0584. The summed E-state index contributed by atoms with van der Waals surface area (Å²) in [6.07, 6.45) is 2.85. The van der Waals surface area contributed by atoms with E-state index in [-0.39, 0.29) is 18.2 Å². The van der Waals surface area contributed by atoms with Gasteiger partial charge in [0, 0.05) is 13.0 Å². The molecule has 0 aliphatic carbocycles. The molecule has 0 heterocycles. The molecule has 98 valence electrons. The van der Waals surface area contributed by atoms with Crippen LogP contribution < -0.4 is 0 Å². The molecule has 1 N–H and O–H groups in total. The molecule has 1 atom stereocenters. The smallest absolute Gasteiger partial charge is 0.356 e. The fourth-order valence-corrected chi connectivity index (χ4v) is 1.26. The second kappa shape index (κ2) is 9.84. The van der Waals surface area contributed by atoms with Crippen LogP contribution in [0.15, 0.2) is 17.8 Å². The summed E-state index contributed by atoms with van der Waals surface area (Å²) in [6.45, 7) is 8.60. The summed E-state index contributed by atoms with van der Waals surface area (Å²) in [5, 5.41) is 11.7. The highest BCUT2D eigenvalue weighted by atomic mass is 16.5. The molecule has 0 aromatic carbocycles. The van der Waals surface area contributed by atoms with E-state index in [0.717, 1.165) is 6.42 Å². The van der Waals surface area contributed by atoms with Crippen LogP contribution in [0.1, 0.15) is 26.7 Å². The van der Waals surface area contributed by atoms with Gasteiger partial charge in [0.05, 0.1) is 13.2 Å². The first-order chi connectivity index (χ1) is 8.15. The van der Waals surface area contributed by atoms with E-state index in [4.69, 9.17) is 14.7 Å². The number of hydrogen-bond donors (Lipinski definition) is 1. The first kappa shape index (κ1) is 15.6. The van der Waals surface area contributed by atoms with Gasteiger partial charge in [0.15, 0.2) is 5.71 Å². The van der Waals surface area contributed by atoms with Gasteiger partial charge >= 0.3 is 5.97 Å². The van der Waals surface area contributed by atoms with E-state index in [1.165, 1.54) is 0 Å². The molecular weight excluding hydrogens is 222 g/mol. The highest BCUT2D eigenvalue weighted by Gasteiger charge is 2.16. The molecule has 0 aromatic rings. The number of carbonyl (C=O) groups is 1. The van der Waals surface area contributed by atoms with E-state index in [1.807, 2.05) is 6.92 Å². The lowest BCUT2D eigenvalue weighted by atomic mass is 10.0. The van der Waals surface area contributed by atoms with Gasteiger partial charge < -0.3 is 14.7 Å². The Morgan fingerprint density at radius 3 is 2.82 bits per heavy atom. The second-order valence-corrected chi connectivity index (χ2v) is 3.73. The molecule has 5 heteroatoms. The van der Waals surface area contributed by atoms with E-state index < -0.39 is 5.97 Å². The monoisotopic (exact) mass is 243 g/mol. The molecule has 5 nitrogen and oxygen atoms in total. The van der Waals surface area contributed by atoms with Crippen LogP contribution in [0.2, 0.25) is 0 Å². The number of hydrogen-bond acceptors (Lipinski definition) is 5. The summed E-state index contributed by atoms with van der Waals surface area (Å²) >= 11 is 0. The lowest BCUT2D eigenvalue weighted by molar-refractivity contribution is -0.135. The SMILES string of the molecule is C=CCOCC[C@@H](C)C/C(=N/O)C(=O)OCC. The number of oxime groups is 1. The van der Waals surface area contributed by atoms with Crippen molar-refractivity contribution in [1.29, 1.82) is 0 Å². The molecule has 0 aromatic heterocycles. The summed E-state index contributed by atoms with van der Waals surface area (Å²) in [4.78, 5) is 11.3. The van der Waals surface area contributed by atoms with E-state index in [9.17, 15) is 4.79 Å². The molecule has 0 radical (unpaired) electrons. The van der Waals surface area contributed by atoms with Crippen molar-refractivity contribution < 1.29 is 19.5 Å². The van der Waals surface area contributed by atoms with Gasteiger partial charge in [-0.25, -0.2) is 4.79 Å². The molecule has 0 rings (SSSR count). The van der Waals surface area contributed by atoms with E-state index in [0.29, 0.717) is 19.6 Å². The van der Waals surface area contributed by atoms with Crippen molar-refractivity contribution in [3.63, 3.8) is 0 Å². The molecule has 0 saturated carbocycles. The zero-order valence-electron chi connectivity index (χ0n) is 10.5. The van der Waals surface area contributed by atoms with E-state index >= 15 is 0 Å². The average molecular weight is 243 g/mol. The van der Waals surface area contributed by atoms with Gasteiger partial charge in [0.25, 0.3) is 0 Å².